The molecule has 1 unspecified atom stereocenters. The average Bonchev–Trinajstić information content (AvgIpc) is 3.23. The third kappa shape index (κ3) is 3.83. The van der Waals surface area contributed by atoms with Gasteiger partial charge in [0.05, 0.1) is 9.82 Å². The van der Waals surface area contributed by atoms with Crippen LogP contribution in [-0.4, -0.2) is 39.8 Å². The number of thiazole rings is 1. The number of carbonyl (C=O) groups is 1. The van der Waals surface area contributed by atoms with Crippen LogP contribution >= 0.6 is 23.1 Å². The number of rotatable bonds is 5. The van der Waals surface area contributed by atoms with Crippen molar-refractivity contribution in [3.05, 3.63) is 45.0 Å². The van der Waals surface area contributed by atoms with Gasteiger partial charge in [0.25, 0.3) is 11.6 Å². The Morgan fingerprint density at radius 1 is 1.56 bits per heavy atom. The number of nitrogens with two attached hydrogens (primary N) is 1. The first kappa shape index (κ1) is 17.8. The van der Waals surface area contributed by atoms with Crippen molar-refractivity contribution < 1.29 is 9.72 Å². The lowest BCUT2D eigenvalue weighted by atomic mass is 10.1. The van der Waals surface area contributed by atoms with E-state index >= 15 is 0 Å². The highest BCUT2D eigenvalue weighted by Crippen LogP contribution is 2.37. The molecular weight excluding hydrogens is 360 g/mol. The van der Waals surface area contributed by atoms with E-state index in [1.165, 1.54) is 29.2 Å². The number of nitro benzene ring substituents is 1. The van der Waals surface area contributed by atoms with Gasteiger partial charge in [0.15, 0.2) is 4.34 Å². The summed E-state index contributed by atoms with van der Waals surface area (Å²) in [6.45, 7) is 2.93. The number of nitro groups is 1. The maximum Gasteiger partial charge on any atom is 0.284 e. The number of aromatic nitrogens is 1. The molecule has 1 aromatic carbocycles. The average molecular weight is 378 g/mol. The molecular formula is C16H18N4O3S2. The van der Waals surface area contributed by atoms with E-state index in [4.69, 9.17) is 5.73 Å². The smallest absolute Gasteiger partial charge is 0.284 e. The predicted octanol–water partition coefficient (Wildman–Crippen LogP) is 3.07. The summed E-state index contributed by atoms with van der Waals surface area (Å²) in [6.07, 6.45) is 1.79. The first-order chi connectivity index (χ1) is 12.0. The molecule has 1 saturated heterocycles. The van der Waals surface area contributed by atoms with E-state index in [0.717, 1.165) is 22.9 Å². The lowest BCUT2D eigenvalue weighted by molar-refractivity contribution is -0.387. The van der Waals surface area contributed by atoms with Gasteiger partial charge in [-0.1, -0.05) is 11.8 Å². The number of likely N-dealkylation sites (tertiary alicyclic amines) is 1. The minimum absolute atomic E-state index is 0.0129. The molecule has 0 saturated carbocycles. The van der Waals surface area contributed by atoms with Crippen LogP contribution in [0.5, 0.6) is 0 Å². The molecule has 1 atom stereocenters. The van der Waals surface area contributed by atoms with Crippen molar-refractivity contribution in [1.82, 2.24) is 9.88 Å². The monoisotopic (exact) mass is 378 g/mol. The summed E-state index contributed by atoms with van der Waals surface area (Å²) in [7, 11) is 0. The van der Waals surface area contributed by atoms with Crippen LogP contribution in [0.2, 0.25) is 0 Å². The Hall–Kier alpha value is -1.97. The van der Waals surface area contributed by atoms with Gasteiger partial charge in [0.2, 0.25) is 0 Å². The fraction of sp³-hybridized carbons (Fsp3) is 0.375. The molecule has 7 nitrogen and oxygen atoms in total. The highest BCUT2D eigenvalue weighted by Gasteiger charge is 2.29. The molecule has 0 spiro atoms. The van der Waals surface area contributed by atoms with Gasteiger partial charge in [-0.05, 0) is 31.9 Å². The predicted molar refractivity (Wildman–Crippen MR) is 97.2 cm³/mol. The molecule has 3 rings (SSSR count). The molecule has 2 heterocycles. The number of benzene rings is 1. The summed E-state index contributed by atoms with van der Waals surface area (Å²) >= 11 is 2.68. The number of amides is 1. The second-order valence-electron chi connectivity index (χ2n) is 5.83. The van der Waals surface area contributed by atoms with Crippen LogP contribution in [0.15, 0.2) is 32.8 Å². The van der Waals surface area contributed by atoms with E-state index in [1.54, 1.807) is 17.0 Å². The number of hydrogen-bond donors (Lipinski definition) is 1. The molecule has 1 aliphatic heterocycles. The Bertz CT molecular complexity index is 808. The molecule has 0 radical (unpaired) electrons. The van der Waals surface area contributed by atoms with Crippen LogP contribution in [-0.2, 0) is 0 Å². The normalized spacial score (nSPS) is 17.0. The zero-order valence-corrected chi connectivity index (χ0v) is 15.3. The third-order valence-corrected chi connectivity index (χ3v) is 6.23. The fourth-order valence-corrected chi connectivity index (χ4v) is 4.75. The van der Waals surface area contributed by atoms with Gasteiger partial charge < -0.3 is 10.6 Å². The Morgan fingerprint density at radius 3 is 3.00 bits per heavy atom. The Morgan fingerprint density at radius 2 is 2.36 bits per heavy atom. The van der Waals surface area contributed by atoms with Crippen molar-refractivity contribution in [2.24, 2.45) is 5.73 Å². The molecule has 9 heteroatoms. The molecule has 2 aromatic rings. The number of nitrogens with zero attached hydrogens (tertiary/aromatic N) is 3. The Labute approximate surface area is 153 Å². The zero-order chi connectivity index (χ0) is 18.0. The van der Waals surface area contributed by atoms with Crippen LogP contribution in [0.3, 0.4) is 0 Å². The highest BCUT2D eigenvalue weighted by molar-refractivity contribution is 8.01. The van der Waals surface area contributed by atoms with Gasteiger partial charge in [-0.3, -0.25) is 14.9 Å². The van der Waals surface area contributed by atoms with Crippen LogP contribution < -0.4 is 5.73 Å². The molecule has 0 aliphatic carbocycles. The van der Waals surface area contributed by atoms with Crippen molar-refractivity contribution in [3.63, 3.8) is 0 Å². The van der Waals surface area contributed by atoms with E-state index in [2.05, 4.69) is 4.98 Å². The van der Waals surface area contributed by atoms with Crippen LogP contribution in [0, 0.1) is 17.0 Å². The number of carbonyl (C=O) groups excluding carboxylic acids is 1. The maximum absolute atomic E-state index is 12.7. The topological polar surface area (TPSA) is 102 Å². The molecule has 0 bridgehead atoms. The van der Waals surface area contributed by atoms with Crippen LogP contribution in [0.4, 0.5) is 5.69 Å². The minimum atomic E-state index is -0.454. The quantitative estimate of drug-likeness (QED) is 0.633. The first-order valence-electron chi connectivity index (χ1n) is 7.89. The van der Waals surface area contributed by atoms with Crippen molar-refractivity contribution in [2.45, 2.75) is 35.0 Å². The van der Waals surface area contributed by atoms with Gasteiger partial charge >= 0.3 is 0 Å². The van der Waals surface area contributed by atoms with E-state index < -0.39 is 4.92 Å². The first-order valence-corrected chi connectivity index (χ1v) is 9.58. The molecule has 25 heavy (non-hydrogen) atoms. The molecule has 1 aromatic heterocycles. The van der Waals surface area contributed by atoms with Crippen molar-refractivity contribution in [3.8, 4) is 0 Å². The minimum Gasteiger partial charge on any atom is -0.334 e. The van der Waals surface area contributed by atoms with E-state index in [-0.39, 0.29) is 17.6 Å². The molecule has 1 aliphatic rings. The Kier molecular flexibility index (Phi) is 5.36. The maximum atomic E-state index is 12.7. The summed E-state index contributed by atoms with van der Waals surface area (Å²) in [6, 6.07) is 4.64. The van der Waals surface area contributed by atoms with Gasteiger partial charge in [0.1, 0.15) is 0 Å². The van der Waals surface area contributed by atoms with Gasteiger partial charge in [-0.2, -0.15) is 0 Å². The molecule has 1 fully saturated rings. The fourth-order valence-electron chi connectivity index (χ4n) is 2.87. The molecule has 2 N–H and O–H groups in total. The number of aryl methyl sites for hydroxylation is 1. The molecule has 1 amide bonds. The SMILES string of the molecule is Cc1csc(Sc2ccc(C(=O)N3CCCC3CN)cc2[N+](=O)[O-])n1. The standard InChI is InChI=1S/C16H18N4O3S2/c1-10-9-24-16(18-10)25-14-5-4-11(7-13(14)20(22)23)15(21)19-6-2-3-12(19)8-17/h4-5,7,9,12H,2-3,6,8,17H2,1H3. The van der Waals surface area contributed by atoms with Gasteiger partial charge in [-0.15, -0.1) is 11.3 Å². The Balaban J connectivity index is 1.88. The summed E-state index contributed by atoms with van der Waals surface area (Å²) < 4.78 is 0.738. The van der Waals surface area contributed by atoms with Crippen molar-refractivity contribution in [1.29, 1.82) is 0 Å². The zero-order valence-electron chi connectivity index (χ0n) is 13.7. The van der Waals surface area contributed by atoms with Crippen LogP contribution in [0.25, 0.3) is 0 Å². The summed E-state index contributed by atoms with van der Waals surface area (Å²) in [5, 5.41) is 13.4. The highest BCUT2D eigenvalue weighted by atomic mass is 32.2. The second kappa shape index (κ2) is 7.51. The summed E-state index contributed by atoms with van der Waals surface area (Å²) in [5.74, 6) is -0.197. The van der Waals surface area contributed by atoms with Crippen molar-refractivity contribution >= 4 is 34.7 Å². The lowest BCUT2D eigenvalue weighted by Crippen LogP contribution is -2.39. The van der Waals surface area contributed by atoms with Gasteiger partial charge in [-0.25, -0.2) is 4.98 Å². The largest absolute Gasteiger partial charge is 0.334 e. The lowest BCUT2D eigenvalue weighted by Gasteiger charge is -2.23. The van der Waals surface area contributed by atoms with E-state index in [1.807, 2.05) is 12.3 Å². The number of hydrogen-bond acceptors (Lipinski definition) is 7. The van der Waals surface area contributed by atoms with E-state index in [0.29, 0.717) is 23.5 Å². The molecule has 132 valence electrons. The summed E-state index contributed by atoms with van der Waals surface area (Å²) in [4.78, 5) is 30.2. The van der Waals surface area contributed by atoms with Gasteiger partial charge in [0, 0.05) is 41.8 Å². The summed E-state index contributed by atoms with van der Waals surface area (Å²) in [5.41, 5.74) is 6.85. The van der Waals surface area contributed by atoms with Crippen molar-refractivity contribution in [2.75, 3.05) is 13.1 Å². The van der Waals surface area contributed by atoms with Crippen LogP contribution in [0.1, 0.15) is 28.9 Å². The second-order valence-corrected chi connectivity index (χ2v) is 7.97. The third-order valence-electron chi connectivity index (χ3n) is 4.11. The van der Waals surface area contributed by atoms with E-state index in [9.17, 15) is 14.9 Å².